The standard InChI is InChI=1S/C21H25N2O3/c1-25-18-10-6-16(7-11-18)21(24)15-22-14-4-3-5-20(22)23(21)17-8-12-19(26-2)13-9-17/h6-13,24H,3-5,14-15H2,1-2H3/q+1. The smallest absolute Gasteiger partial charge is 0.275 e. The first-order valence-electron chi connectivity index (χ1n) is 9.08. The molecule has 136 valence electrons. The van der Waals surface area contributed by atoms with Crippen molar-refractivity contribution in [3.8, 4) is 11.5 Å². The second kappa shape index (κ2) is 6.65. The number of hydrogen-bond acceptors (Lipinski definition) is 4. The zero-order valence-electron chi connectivity index (χ0n) is 15.3. The maximum atomic E-state index is 11.8. The molecule has 2 aromatic carbocycles. The van der Waals surface area contributed by atoms with Crippen LogP contribution in [0.1, 0.15) is 24.8 Å². The minimum absolute atomic E-state index is 0.570. The molecule has 0 spiro atoms. The van der Waals surface area contributed by atoms with Gasteiger partial charge in [0.1, 0.15) is 17.2 Å². The highest BCUT2D eigenvalue weighted by molar-refractivity contribution is 5.97. The average molecular weight is 353 g/mol. The van der Waals surface area contributed by atoms with E-state index in [4.69, 9.17) is 9.47 Å². The van der Waals surface area contributed by atoms with Crippen LogP contribution >= 0.6 is 0 Å². The second-order valence-electron chi connectivity index (χ2n) is 6.87. The highest BCUT2D eigenvalue weighted by Gasteiger charge is 2.54. The number of aliphatic hydroxyl groups is 1. The molecule has 5 nitrogen and oxygen atoms in total. The summed E-state index contributed by atoms with van der Waals surface area (Å²) >= 11 is 0. The molecule has 26 heavy (non-hydrogen) atoms. The number of rotatable bonds is 4. The Balaban J connectivity index is 1.78. The third-order valence-corrected chi connectivity index (χ3v) is 5.37. The molecule has 2 aliphatic heterocycles. The number of nitrogens with zero attached hydrogens (tertiary/aromatic N) is 2. The van der Waals surface area contributed by atoms with Crippen LogP contribution in [0.4, 0.5) is 5.69 Å². The lowest BCUT2D eigenvalue weighted by molar-refractivity contribution is -0.538. The quantitative estimate of drug-likeness (QED) is 0.859. The summed E-state index contributed by atoms with van der Waals surface area (Å²) in [5.41, 5.74) is 0.750. The van der Waals surface area contributed by atoms with Gasteiger partial charge >= 0.3 is 0 Å². The van der Waals surface area contributed by atoms with Gasteiger partial charge in [-0.1, -0.05) is 0 Å². The van der Waals surface area contributed by atoms with E-state index in [1.807, 2.05) is 48.5 Å². The molecule has 0 bridgehead atoms. The van der Waals surface area contributed by atoms with Gasteiger partial charge in [0, 0.05) is 12.0 Å². The van der Waals surface area contributed by atoms with E-state index in [1.165, 1.54) is 12.3 Å². The maximum absolute atomic E-state index is 11.8. The Morgan fingerprint density at radius 3 is 2.15 bits per heavy atom. The lowest BCUT2D eigenvalue weighted by atomic mass is 10.0. The average Bonchev–Trinajstić information content (AvgIpc) is 3.01. The van der Waals surface area contributed by atoms with Crippen molar-refractivity contribution in [3.63, 3.8) is 0 Å². The summed E-state index contributed by atoms with van der Waals surface area (Å²) in [4.78, 5) is 2.09. The lowest BCUT2D eigenvalue weighted by Crippen LogP contribution is -2.47. The molecule has 1 atom stereocenters. The van der Waals surface area contributed by atoms with Gasteiger partial charge in [0.25, 0.3) is 11.6 Å². The molecule has 0 amide bonds. The monoisotopic (exact) mass is 353 g/mol. The molecule has 2 aromatic rings. The summed E-state index contributed by atoms with van der Waals surface area (Å²) in [6, 6.07) is 15.6. The SMILES string of the molecule is COc1ccc(N2C3=[N+](CCCC3)CC2(O)c2ccc(OC)cc2)cc1. The fraction of sp³-hybridized carbons (Fsp3) is 0.381. The second-order valence-corrected chi connectivity index (χ2v) is 6.87. The van der Waals surface area contributed by atoms with Crippen LogP contribution in [0.15, 0.2) is 48.5 Å². The van der Waals surface area contributed by atoms with Gasteiger partial charge in [-0.15, -0.1) is 0 Å². The topological polar surface area (TPSA) is 44.9 Å². The van der Waals surface area contributed by atoms with Crippen molar-refractivity contribution in [2.45, 2.75) is 25.0 Å². The minimum atomic E-state index is -1.10. The normalized spacial score (nSPS) is 22.3. The Kier molecular flexibility index (Phi) is 4.32. The van der Waals surface area contributed by atoms with E-state index < -0.39 is 5.72 Å². The first-order valence-corrected chi connectivity index (χ1v) is 9.08. The number of methoxy groups -OCH3 is 2. The van der Waals surface area contributed by atoms with Crippen LogP contribution in [0.2, 0.25) is 0 Å². The van der Waals surface area contributed by atoms with Gasteiger partial charge in [-0.05, 0) is 61.4 Å². The molecule has 0 aliphatic carbocycles. The van der Waals surface area contributed by atoms with Gasteiger partial charge in [-0.2, -0.15) is 4.90 Å². The molecule has 2 aliphatic rings. The fourth-order valence-corrected chi connectivity index (χ4v) is 4.02. The fourth-order valence-electron chi connectivity index (χ4n) is 4.02. The number of anilines is 1. The summed E-state index contributed by atoms with van der Waals surface area (Å²) in [5, 5.41) is 11.8. The van der Waals surface area contributed by atoms with Gasteiger partial charge in [-0.25, -0.2) is 0 Å². The Hall–Kier alpha value is -2.53. The van der Waals surface area contributed by atoms with E-state index in [0.29, 0.717) is 6.54 Å². The molecule has 0 radical (unpaired) electrons. The third kappa shape index (κ3) is 2.72. The Morgan fingerprint density at radius 1 is 0.923 bits per heavy atom. The molecule has 4 rings (SSSR count). The summed E-state index contributed by atoms with van der Waals surface area (Å²) < 4.78 is 12.9. The van der Waals surface area contributed by atoms with Crippen LogP contribution in [-0.4, -0.2) is 42.8 Å². The van der Waals surface area contributed by atoms with Crippen molar-refractivity contribution in [2.75, 3.05) is 32.2 Å². The molecule has 0 fully saturated rings. The van der Waals surface area contributed by atoms with Gasteiger partial charge in [0.15, 0.2) is 6.54 Å². The number of benzene rings is 2. The minimum Gasteiger partial charge on any atom is -0.497 e. The Morgan fingerprint density at radius 2 is 1.54 bits per heavy atom. The van der Waals surface area contributed by atoms with Crippen LogP contribution in [0.5, 0.6) is 11.5 Å². The summed E-state index contributed by atoms with van der Waals surface area (Å²) in [5.74, 6) is 2.79. The number of amidine groups is 1. The van der Waals surface area contributed by atoms with E-state index in [-0.39, 0.29) is 0 Å². The maximum Gasteiger partial charge on any atom is 0.275 e. The molecule has 0 saturated heterocycles. The first kappa shape index (κ1) is 16.9. The van der Waals surface area contributed by atoms with Gasteiger partial charge < -0.3 is 14.6 Å². The van der Waals surface area contributed by atoms with Crippen LogP contribution in [0, 0.1) is 0 Å². The Bertz CT molecular complexity index is 814. The zero-order valence-corrected chi connectivity index (χ0v) is 15.3. The van der Waals surface area contributed by atoms with Crippen LogP contribution in [-0.2, 0) is 5.72 Å². The zero-order chi connectivity index (χ0) is 18.1. The Labute approximate surface area is 154 Å². The molecular weight excluding hydrogens is 328 g/mol. The number of ether oxygens (including phenoxy) is 2. The van der Waals surface area contributed by atoms with Crippen molar-refractivity contribution < 1.29 is 19.2 Å². The van der Waals surface area contributed by atoms with Crippen LogP contribution < -0.4 is 14.4 Å². The predicted molar refractivity (Wildman–Crippen MR) is 101 cm³/mol. The van der Waals surface area contributed by atoms with E-state index in [1.54, 1.807) is 14.2 Å². The van der Waals surface area contributed by atoms with Crippen LogP contribution in [0.25, 0.3) is 0 Å². The van der Waals surface area contributed by atoms with E-state index in [9.17, 15) is 5.11 Å². The van der Waals surface area contributed by atoms with Gasteiger partial charge in [0.2, 0.25) is 0 Å². The van der Waals surface area contributed by atoms with Crippen LogP contribution in [0.3, 0.4) is 0 Å². The lowest BCUT2D eigenvalue weighted by Gasteiger charge is -2.29. The summed E-state index contributed by atoms with van der Waals surface area (Å²) in [6.07, 6.45) is 3.29. The van der Waals surface area contributed by atoms with Crippen molar-refractivity contribution in [2.24, 2.45) is 0 Å². The van der Waals surface area contributed by atoms with E-state index >= 15 is 0 Å². The predicted octanol–water partition coefficient (Wildman–Crippen LogP) is 2.96. The van der Waals surface area contributed by atoms with Gasteiger partial charge in [0.05, 0.1) is 20.8 Å². The van der Waals surface area contributed by atoms with E-state index in [0.717, 1.165) is 42.1 Å². The van der Waals surface area contributed by atoms with Crippen molar-refractivity contribution in [1.29, 1.82) is 0 Å². The van der Waals surface area contributed by atoms with Crippen molar-refractivity contribution in [1.82, 2.24) is 0 Å². The summed E-state index contributed by atoms with van der Waals surface area (Å²) in [7, 11) is 3.31. The number of hydrogen-bond donors (Lipinski definition) is 1. The highest BCUT2D eigenvalue weighted by atomic mass is 16.5. The molecule has 0 saturated carbocycles. The highest BCUT2D eigenvalue weighted by Crippen LogP contribution is 2.38. The van der Waals surface area contributed by atoms with E-state index in [2.05, 4.69) is 9.48 Å². The molecule has 2 heterocycles. The summed E-state index contributed by atoms with van der Waals surface area (Å²) in [6.45, 7) is 1.56. The van der Waals surface area contributed by atoms with Crippen molar-refractivity contribution in [3.05, 3.63) is 54.1 Å². The molecule has 1 N–H and O–H groups in total. The van der Waals surface area contributed by atoms with Gasteiger partial charge in [-0.3, -0.25) is 4.58 Å². The third-order valence-electron chi connectivity index (χ3n) is 5.37. The molecule has 1 unspecified atom stereocenters. The molecular formula is C21H25N2O3+. The molecule has 0 aromatic heterocycles. The molecule has 5 heteroatoms. The van der Waals surface area contributed by atoms with Crippen molar-refractivity contribution >= 4 is 11.5 Å². The largest absolute Gasteiger partial charge is 0.497 e. The first-order chi connectivity index (χ1) is 12.7.